The molecule has 0 unspecified atom stereocenters. The third-order valence-electron chi connectivity index (χ3n) is 4.91. The third kappa shape index (κ3) is 5.44. The Kier molecular flexibility index (Phi) is 6.29. The highest BCUT2D eigenvalue weighted by Gasteiger charge is 2.26. The van der Waals surface area contributed by atoms with Gasteiger partial charge in [0.15, 0.2) is 11.4 Å². The standard InChI is InChI=1S/C21H28N4O2/c1-2-23-20(26)15-7-9-16(10-8-15)24-18(13-14-5-3-4-6-14)19(22)21(27)25-17-11-12-17/h7-10,13,17,24H,2-6,11-12,22H2,1H3,(H,23,26)(H,25,27)/p+1/b19-18-. The fourth-order valence-corrected chi connectivity index (χ4v) is 3.19. The molecule has 2 aliphatic carbocycles. The van der Waals surface area contributed by atoms with Gasteiger partial charge in [-0.1, -0.05) is 5.57 Å². The van der Waals surface area contributed by atoms with Gasteiger partial charge in [-0.2, -0.15) is 0 Å². The highest BCUT2D eigenvalue weighted by Crippen LogP contribution is 2.25. The van der Waals surface area contributed by atoms with E-state index in [0.717, 1.165) is 37.1 Å². The lowest BCUT2D eigenvalue weighted by atomic mass is 10.1. The van der Waals surface area contributed by atoms with E-state index < -0.39 is 0 Å². The van der Waals surface area contributed by atoms with Crippen LogP contribution >= 0.6 is 0 Å². The zero-order valence-electron chi connectivity index (χ0n) is 15.9. The van der Waals surface area contributed by atoms with E-state index in [1.807, 2.05) is 24.4 Å². The Hall–Kier alpha value is -2.60. The molecule has 144 valence electrons. The van der Waals surface area contributed by atoms with Crippen molar-refractivity contribution in [1.29, 1.82) is 0 Å². The Bertz CT molecular complexity index is 753. The summed E-state index contributed by atoms with van der Waals surface area (Å²) in [5.41, 5.74) is 10.1. The van der Waals surface area contributed by atoms with E-state index in [-0.39, 0.29) is 23.6 Å². The molecule has 6 N–H and O–H groups in total. The second-order valence-electron chi connectivity index (χ2n) is 7.25. The van der Waals surface area contributed by atoms with Gasteiger partial charge in [0.05, 0.1) is 0 Å². The van der Waals surface area contributed by atoms with Crippen LogP contribution in [0.1, 0.15) is 55.8 Å². The Labute approximate surface area is 160 Å². The van der Waals surface area contributed by atoms with Crippen molar-refractivity contribution in [2.45, 2.75) is 51.5 Å². The number of carbonyl (C=O) groups is 2. The van der Waals surface area contributed by atoms with Gasteiger partial charge < -0.3 is 16.4 Å². The second kappa shape index (κ2) is 8.86. The molecule has 0 radical (unpaired) electrons. The SMILES string of the molecule is CCNC(=O)c1ccc([NH2+]/C(C=C2CCCC2)=C(\N)C(=O)NC2CC2)cc1. The number of carbonyl (C=O) groups excluding carboxylic acids is 2. The summed E-state index contributed by atoms with van der Waals surface area (Å²) in [7, 11) is 0. The zero-order valence-corrected chi connectivity index (χ0v) is 15.9. The number of nitrogens with one attached hydrogen (secondary N) is 2. The minimum absolute atomic E-state index is 0.0868. The van der Waals surface area contributed by atoms with Crippen LogP contribution in [0.25, 0.3) is 0 Å². The number of quaternary nitrogens is 1. The van der Waals surface area contributed by atoms with Gasteiger partial charge in [-0.05, 0) is 57.6 Å². The van der Waals surface area contributed by atoms with Crippen LogP contribution in [0, 0.1) is 0 Å². The highest BCUT2D eigenvalue weighted by molar-refractivity contribution is 5.94. The predicted octanol–water partition coefficient (Wildman–Crippen LogP) is 1.58. The topological polar surface area (TPSA) is 101 Å². The lowest BCUT2D eigenvalue weighted by molar-refractivity contribution is -0.513. The van der Waals surface area contributed by atoms with Crippen LogP contribution in [0.15, 0.2) is 47.3 Å². The zero-order chi connectivity index (χ0) is 19.2. The van der Waals surface area contributed by atoms with Gasteiger partial charge in [-0.3, -0.25) is 14.9 Å². The first kappa shape index (κ1) is 19.2. The van der Waals surface area contributed by atoms with E-state index in [4.69, 9.17) is 5.73 Å². The van der Waals surface area contributed by atoms with Crippen LogP contribution in [0.5, 0.6) is 0 Å². The summed E-state index contributed by atoms with van der Waals surface area (Å²) in [4.78, 5) is 24.3. The summed E-state index contributed by atoms with van der Waals surface area (Å²) in [6.45, 7) is 2.49. The van der Waals surface area contributed by atoms with E-state index in [2.05, 4.69) is 16.7 Å². The molecule has 27 heavy (non-hydrogen) atoms. The van der Waals surface area contributed by atoms with Crippen molar-refractivity contribution in [3.05, 3.63) is 52.9 Å². The fourth-order valence-electron chi connectivity index (χ4n) is 3.19. The number of amides is 2. The molecule has 0 heterocycles. The number of hydrogen-bond donors (Lipinski definition) is 4. The van der Waals surface area contributed by atoms with E-state index in [1.54, 1.807) is 12.1 Å². The van der Waals surface area contributed by atoms with Gasteiger partial charge in [-0.25, -0.2) is 0 Å². The molecule has 3 rings (SSSR count). The molecule has 0 aromatic heterocycles. The van der Waals surface area contributed by atoms with E-state index >= 15 is 0 Å². The number of rotatable bonds is 7. The van der Waals surface area contributed by atoms with Crippen LogP contribution in [-0.2, 0) is 4.79 Å². The first-order chi connectivity index (χ1) is 13.1. The molecule has 6 heteroatoms. The molecule has 0 atom stereocenters. The number of benzene rings is 1. The van der Waals surface area contributed by atoms with Crippen LogP contribution in [-0.4, -0.2) is 24.4 Å². The first-order valence-corrected chi connectivity index (χ1v) is 9.80. The van der Waals surface area contributed by atoms with Crippen molar-refractivity contribution in [3.63, 3.8) is 0 Å². The van der Waals surface area contributed by atoms with E-state index in [9.17, 15) is 9.59 Å². The number of hydrogen-bond acceptors (Lipinski definition) is 3. The summed E-state index contributed by atoms with van der Waals surface area (Å²) in [5, 5.41) is 7.67. The Balaban J connectivity index is 1.79. The smallest absolute Gasteiger partial charge is 0.273 e. The molecule has 2 saturated carbocycles. The molecule has 0 bridgehead atoms. The van der Waals surface area contributed by atoms with E-state index in [1.165, 1.54) is 18.4 Å². The molecular weight excluding hydrogens is 340 g/mol. The third-order valence-corrected chi connectivity index (χ3v) is 4.91. The maximum Gasteiger partial charge on any atom is 0.273 e. The Morgan fingerprint density at radius 1 is 1.19 bits per heavy atom. The highest BCUT2D eigenvalue weighted by atomic mass is 16.2. The quantitative estimate of drug-likeness (QED) is 0.434. The predicted molar refractivity (Wildman–Crippen MR) is 105 cm³/mol. The maximum atomic E-state index is 12.4. The summed E-state index contributed by atoms with van der Waals surface area (Å²) < 4.78 is 0. The summed E-state index contributed by atoms with van der Waals surface area (Å²) in [5.74, 6) is -0.284. The first-order valence-electron chi connectivity index (χ1n) is 9.80. The molecule has 1 aromatic rings. The second-order valence-corrected chi connectivity index (χ2v) is 7.25. The van der Waals surface area contributed by atoms with Crippen LogP contribution in [0.4, 0.5) is 5.69 Å². The summed E-state index contributed by atoms with van der Waals surface area (Å²) >= 11 is 0. The monoisotopic (exact) mass is 369 g/mol. The van der Waals surface area contributed by atoms with Crippen LogP contribution in [0.3, 0.4) is 0 Å². The number of nitrogens with two attached hydrogens (primary N) is 2. The van der Waals surface area contributed by atoms with Crippen molar-refractivity contribution >= 4 is 17.5 Å². The molecule has 0 aliphatic heterocycles. The molecule has 2 aliphatic rings. The summed E-state index contributed by atoms with van der Waals surface area (Å²) in [6, 6.07) is 7.61. The van der Waals surface area contributed by atoms with Crippen molar-refractivity contribution in [2.75, 3.05) is 6.54 Å². The van der Waals surface area contributed by atoms with Gasteiger partial charge in [0.2, 0.25) is 0 Å². The average Bonchev–Trinajstić information content (AvgIpc) is 3.33. The molecule has 0 saturated heterocycles. The molecule has 0 spiro atoms. The van der Waals surface area contributed by atoms with Gasteiger partial charge in [0.25, 0.3) is 11.8 Å². The van der Waals surface area contributed by atoms with E-state index in [0.29, 0.717) is 12.1 Å². The van der Waals surface area contributed by atoms with Crippen LogP contribution < -0.4 is 21.7 Å². The molecule has 2 fully saturated rings. The normalized spacial score (nSPS) is 17.3. The maximum absolute atomic E-state index is 12.4. The molecule has 6 nitrogen and oxygen atoms in total. The minimum atomic E-state index is -0.197. The minimum Gasteiger partial charge on any atom is -0.389 e. The molecule has 2 amide bonds. The van der Waals surface area contributed by atoms with Crippen molar-refractivity contribution in [1.82, 2.24) is 10.6 Å². The van der Waals surface area contributed by atoms with Gasteiger partial charge in [0, 0.05) is 36.4 Å². The molecular formula is C21H29N4O2+. The van der Waals surface area contributed by atoms with Crippen molar-refractivity contribution in [3.8, 4) is 0 Å². The molecule has 1 aromatic carbocycles. The lowest BCUT2D eigenvalue weighted by Gasteiger charge is -2.09. The van der Waals surface area contributed by atoms with Crippen molar-refractivity contribution < 1.29 is 14.9 Å². The number of allylic oxidation sites excluding steroid dienone is 2. The van der Waals surface area contributed by atoms with Gasteiger partial charge >= 0.3 is 0 Å². The summed E-state index contributed by atoms with van der Waals surface area (Å²) in [6.07, 6.45) is 8.62. The average molecular weight is 369 g/mol. The van der Waals surface area contributed by atoms with Crippen LogP contribution in [0.2, 0.25) is 0 Å². The van der Waals surface area contributed by atoms with Crippen molar-refractivity contribution in [2.24, 2.45) is 5.73 Å². The van der Waals surface area contributed by atoms with Gasteiger partial charge in [-0.15, -0.1) is 0 Å². The largest absolute Gasteiger partial charge is 0.389 e. The fraction of sp³-hybridized carbons (Fsp3) is 0.429. The van der Waals surface area contributed by atoms with Gasteiger partial charge in [0.1, 0.15) is 5.69 Å². The lowest BCUT2D eigenvalue weighted by Crippen LogP contribution is -2.76. The Morgan fingerprint density at radius 3 is 2.44 bits per heavy atom. The Morgan fingerprint density at radius 2 is 1.85 bits per heavy atom.